The molecule has 0 aromatic heterocycles. The molecule has 1 heterocycles. The summed E-state index contributed by atoms with van der Waals surface area (Å²) in [5.74, 6) is -0.513. The fourth-order valence-corrected chi connectivity index (χ4v) is 4.76. The quantitative estimate of drug-likeness (QED) is 0.901. The molecule has 1 aliphatic rings. The minimum absolute atomic E-state index is 0.0309. The van der Waals surface area contributed by atoms with E-state index in [0.717, 1.165) is 0 Å². The number of halogens is 1. The van der Waals surface area contributed by atoms with Gasteiger partial charge in [0.05, 0.1) is 11.0 Å². The average molecular weight is 330 g/mol. The molecule has 1 aromatic carbocycles. The summed E-state index contributed by atoms with van der Waals surface area (Å²) in [4.78, 5) is 2.07. The maximum atomic E-state index is 13.7. The summed E-state index contributed by atoms with van der Waals surface area (Å²) >= 11 is 0. The molecule has 0 radical (unpaired) electrons. The van der Waals surface area contributed by atoms with Gasteiger partial charge in [-0.1, -0.05) is 6.07 Å². The molecule has 2 atom stereocenters. The SMILES string of the molecule is Cc1c(F)cccc1S(=O)(=O)N1CCN(C[C@H](C)O)C[C@@H]1C. The molecule has 1 fully saturated rings. The lowest BCUT2D eigenvalue weighted by Crippen LogP contribution is -2.54. The molecule has 0 spiro atoms. The van der Waals surface area contributed by atoms with Crippen molar-refractivity contribution in [2.75, 3.05) is 26.2 Å². The van der Waals surface area contributed by atoms with E-state index in [1.165, 1.54) is 29.4 Å². The zero-order chi connectivity index (χ0) is 16.5. The topological polar surface area (TPSA) is 60.9 Å². The molecule has 1 N–H and O–H groups in total. The van der Waals surface area contributed by atoms with E-state index in [-0.39, 0.29) is 16.5 Å². The molecular weight excluding hydrogens is 307 g/mol. The molecule has 0 amide bonds. The first-order valence-corrected chi connectivity index (χ1v) is 8.85. The molecule has 5 nitrogen and oxygen atoms in total. The number of hydrogen-bond acceptors (Lipinski definition) is 4. The minimum Gasteiger partial charge on any atom is -0.392 e. The molecule has 0 unspecified atom stereocenters. The van der Waals surface area contributed by atoms with Crippen LogP contribution in [0.1, 0.15) is 19.4 Å². The lowest BCUT2D eigenvalue weighted by molar-refractivity contribution is 0.0840. The van der Waals surface area contributed by atoms with Crippen LogP contribution >= 0.6 is 0 Å². The van der Waals surface area contributed by atoms with Gasteiger partial charge in [0.2, 0.25) is 10.0 Å². The molecule has 2 rings (SSSR count). The normalized spacial score (nSPS) is 22.7. The van der Waals surface area contributed by atoms with E-state index < -0.39 is 21.9 Å². The summed E-state index contributed by atoms with van der Waals surface area (Å²) in [6.07, 6.45) is -0.444. The van der Waals surface area contributed by atoms with Crippen LogP contribution in [0.5, 0.6) is 0 Å². The summed E-state index contributed by atoms with van der Waals surface area (Å²) in [6.45, 7) is 7.01. The van der Waals surface area contributed by atoms with E-state index in [1.807, 2.05) is 11.8 Å². The van der Waals surface area contributed by atoms with Gasteiger partial charge in [-0.25, -0.2) is 12.8 Å². The van der Waals surface area contributed by atoms with Crippen LogP contribution in [-0.4, -0.2) is 61.1 Å². The highest BCUT2D eigenvalue weighted by molar-refractivity contribution is 7.89. The zero-order valence-corrected chi connectivity index (χ0v) is 14.0. The van der Waals surface area contributed by atoms with Gasteiger partial charge in [-0.2, -0.15) is 4.31 Å². The van der Waals surface area contributed by atoms with E-state index in [0.29, 0.717) is 26.2 Å². The predicted octanol–water partition coefficient (Wildman–Crippen LogP) is 1.21. The summed E-state index contributed by atoms with van der Waals surface area (Å²) in [6, 6.07) is 3.91. The van der Waals surface area contributed by atoms with E-state index in [1.54, 1.807) is 6.92 Å². The molecular formula is C15H23FN2O3S. The van der Waals surface area contributed by atoms with Crippen molar-refractivity contribution in [1.29, 1.82) is 0 Å². The maximum absolute atomic E-state index is 13.7. The third-order valence-corrected chi connectivity index (χ3v) is 6.14. The highest BCUT2D eigenvalue weighted by Crippen LogP contribution is 2.25. The van der Waals surface area contributed by atoms with Crippen LogP contribution in [0, 0.1) is 12.7 Å². The Labute approximate surface area is 131 Å². The fraction of sp³-hybridized carbons (Fsp3) is 0.600. The molecule has 0 bridgehead atoms. The number of nitrogens with zero attached hydrogens (tertiary/aromatic N) is 2. The molecule has 7 heteroatoms. The molecule has 0 aliphatic carbocycles. The van der Waals surface area contributed by atoms with E-state index in [4.69, 9.17) is 0 Å². The van der Waals surface area contributed by atoms with Crippen molar-refractivity contribution in [2.45, 2.75) is 37.8 Å². The maximum Gasteiger partial charge on any atom is 0.243 e. The summed E-state index contributed by atoms with van der Waals surface area (Å²) in [7, 11) is -3.71. The number of rotatable bonds is 4. The van der Waals surface area contributed by atoms with Crippen molar-refractivity contribution in [2.24, 2.45) is 0 Å². The van der Waals surface area contributed by atoms with Crippen molar-refractivity contribution in [1.82, 2.24) is 9.21 Å². The third-order valence-electron chi connectivity index (χ3n) is 3.98. The number of hydrogen-bond donors (Lipinski definition) is 1. The monoisotopic (exact) mass is 330 g/mol. The average Bonchev–Trinajstić information content (AvgIpc) is 2.40. The van der Waals surface area contributed by atoms with E-state index in [2.05, 4.69) is 0 Å². The van der Waals surface area contributed by atoms with Gasteiger partial charge >= 0.3 is 0 Å². The van der Waals surface area contributed by atoms with Crippen molar-refractivity contribution in [3.05, 3.63) is 29.6 Å². The van der Waals surface area contributed by atoms with Crippen molar-refractivity contribution in [3.8, 4) is 0 Å². The highest BCUT2D eigenvalue weighted by Gasteiger charge is 2.34. The molecule has 0 saturated carbocycles. The zero-order valence-electron chi connectivity index (χ0n) is 13.2. The predicted molar refractivity (Wildman–Crippen MR) is 82.6 cm³/mol. The van der Waals surface area contributed by atoms with Crippen LogP contribution in [0.4, 0.5) is 4.39 Å². The largest absolute Gasteiger partial charge is 0.392 e. The smallest absolute Gasteiger partial charge is 0.243 e. The molecule has 22 heavy (non-hydrogen) atoms. The van der Waals surface area contributed by atoms with Crippen LogP contribution < -0.4 is 0 Å². The Balaban J connectivity index is 2.22. The van der Waals surface area contributed by atoms with Gasteiger partial charge in [-0.05, 0) is 32.9 Å². The van der Waals surface area contributed by atoms with Gasteiger partial charge in [0.25, 0.3) is 0 Å². The Morgan fingerprint density at radius 2 is 2.09 bits per heavy atom. The van der Waals surface area contributed by atoms with Gasteiger partial charge in [0.15, 0.2) is 0 Å². The lowest BCUT2D eigenvalue weighted by Gasteiger charge is -2.39. The van der Waals surface area contributed by atoms with E-state index in [9.17, 15) is 17.9 Å². The Morgan fingerprint density at radius 1 is 1.41 bits per heavy atom. The molecule has 1 aliphatic heterocycles. The first-order chi connectivity index (χ1) is 10.2. The van der Waals surface area contributed by atoms with Gasteiger partial charge in [-0.3, -0.25) is 4.90 Å². The second kappa shape index (κ2) is 6.62. The number of piperazine rings is 1. The summed E-state index contributed by atoms with van der Waals surface area (Å²) < 4.78 is 40.7. The Hall–Kier alpha value is -1.02. The van der Waals surface area contributed by atoms with Gasteiger partial charge in [0, 0.05) is 37.8 Å². The number of benzene rings is 1. The molecule has 1 aromatic rings. The van der Waals surface area contributed by atoms with Crippen LogP contribution in [0.25, 0.3) is 0 Å². The number of sulfonamides is 1. The van der Waals surface area contributed by atoms with E-state index >= 15 is 0 Å². The van der Waals surface area contributed by atoms with Gasteiger partial charge in [0.1, 0.15) is 5.82 Å². The molecule has 124 valence electrons. The van der Waals surface area contributed by atoms with Gasteiger partial charge < -0.3 is 5.11 Å². The van der Waals surface area contributed by atoms with Crippen molar-refractivity contribution >= 4 is 10.0 Å². The standard InChI is InChI=1S/C15H23FN2O3S/c1-11-9-17(10-12(2)19)7-8-18(11)22(20,21)15-6-4-5-14(16)13(15)3/h4-6,11-12,19H,7-10H2,1-3H3/t11-,12-/m0/s1. The lowest BCUT2D eigenvalue weighted by atomic mass is 10.2. The number of β-amino-alcohol motifs (C(OH)–C–C–N with tert-alkyl or cyclic N) is 1. The van der Waals surface area contributed by atoms with Crippen LogP contribution in [0.15, 0.2) is 23.1 Å². The van der Waals surface area contributed by atoms with Crippen molar-refractivity contribution in [3.63, 3.8) is 0 Å². The third kappa shape index (κ3) is 3.48. The molecule has 1 saturated heterocycles. The second-order valence-corrected chi connectivity index (χ2v) is 7.80. The second-order valence-electron chi connectivity index (χ2n) is 5.94. The van der Waals surface area contributed by atoms with Crippen LogP contribution in [0.3, 0.4) is 0 Å². The Bertz CT molecular complexity index is 634. The summed E-state index contributed by atoms with van der Waals surface area (Å²) in [5, 5.41) is 9.45. The van der Waals surface area contributed by atoms with Crippen molar-refractivity contribution < 1.29 is 17.9 Å². The van der Waals surface area contributed by atoms with Crippen LogP contribution in [0.2, 0.25) is 0 Å². The minimum atomic E-state index is -3.71. The Kier molecular flexibility index (Phi) is 5.21. The fourth-order valence-electron chi connectivity index (χ4n) is 2.91. The number of aliphatic hydroxyl groups excluding tert-OH is 1. The number of aliphatic hydroxyl groups is 1. The Morgan fingerprint density at radius 3 is 2.68 bits per heavy atom. The highest BCUT2D eigenvalue weighted by atomic mass is 32.2. The first-order valence-electron chi connectivity index (χ1n) is 7.41. The summed E-state index contributed by atoms with van der Waals surface area (Å²) in [5.41, 5.74) is 0.154. The first kappa shape index (κ1) is 17.3. The van der Waals surface area contributed by atoms with Gasteiger partial charge in [-0.15, -0.1) is 0 Å². The van der Waals surface area contributed by atoms with Crippen LogP contribution in [-0.2, 0) is 10.0 Å².